The highest BCUT2D eigenvalue weighted by Crippen LogP contribution is 2.12. The summed E-state index contributed by atoms with van der Waals surface area (Å²) >= 11 is 0. The van der Waals surface area contributed by atoms with Crippen LogP contribution < -0.4 is 10.9 Å². The fourth-order valence-corrected chi connectivity index (χ4v) is 1.53. The fourth-order valence-electron chi connectivity index (χ4n) is 1.53. The van der Waals surface area contributed by atoms with E-state index in [1.807, 2.05) is 0 Å². The normalized spacial score (nSPS) is 12.1. The van der Waals surface area contributed by atoms with Crippen LogP contribution in [0.4, 0.5) is 0 Å². The van der Waals surface area contributed by atoms with Gasteiger partial charge in [-0.2, -0.15) is 0 Å². The quantitative estimate of drug-likeness (QED) is 0.829. The maximum atomic E-state index is 11.8. The molecule has 1 unspecified atom stereocenters. The van der Waals surface area contributed by atoms with Gasteiger partial charge in [0, 0.05) is 6.92 Å². The van der Waals surface area contributed by atoms with Crippen LogP contribution in [0.25, 0.3) is 11.6 Å². The lowest BCUT2D eigenvalue weighted by Crippen LogP contribution is -2.30. The van der Waals surface area contributed by atoms with Gasteiger partial charge >= 0.3 is 0 Å². The molecule has 0 bridgehead atoms. The number of rotatable bonds is 3. The number of carbonyl (C=O) groups excluding carboxylic acids is 1. The number of nitrogens with zero attached hydrogens (tertiary/aromatic N) is 2. The molecule has 7 heteroatoms. The second-order valence-corrected chi connectivity index (χ2v) is 3.79. The van der Waals surface area contributed by atoms with Crippen molar-refractivity contribution in [1.29, 1.82) is 0 Å². The first-order chi connectivity index (χ1) is 8.58. The Morgan fingerprint density at radius 1 is 1.50 bits per heavy atom. The zero-order valence-corrected chi connectivity index (χ0v) is 9.93. The van der Waals surface area contributed by atoms with Gasteiger partial charge in [-0.1, -0.05) is 0 Å². The first-order valence-corrected chi connectivity index (χ1v) is 5.36. The molecule has 2 N–H and O–H groups in total. The third kappa shape index (κ3) is 2.45. The first-order valence-electron chi connectivity index (χ1n) is 5.36. The van der Waals surface area contributed by atoms with Crippen LogP contribution in [-0.4, -0.2) is 21.1 Å². The van der Waals surface area contributed by atoms with Gasteiger partial charge in [0.25, 0.3) is 5.56 Å². The Morgan fingerprint density at radius 2 is 2.28 bits per heavy atom. The molecular formula is C11H12N4O3. The maximum Gasteiger partial charge on any atom is 0.275 e. The zero-order valence-electron chi connectivity index (χ0n) is 9.93. The van der Waals surface area contributed by atoms with E-state index < -0.39 is 11.6 Å². The molecule has 1 amide bonds. The second-order valence-electron chi connectivity index (χ2n) is 3.79. The Balaban J connectivity index is 2.31. The standard InChI is InChI=1S/C11H12N4O3/c1-6(12-7(2)16)9-11(17)13-10(15-14-9)8-4-3-5-18-8/h3-6H,1-2H3,(H,12,16)(H,13,15,17). The molecule has 2 heterocycles. The third-order valence-electron chi connectivity index (χ3n) is 2.31. The van der Waals surface area contributed by atoms with Crippen molar-refractivity contribution >= 4 is 5.91 Å². The van der Waals surface area contributed by atoms with Crippen molar-refractivity contribution in [2.24, 2.45) is 0 Å². The van der Waals surface area contributed by atoms with Crippen LogP contribution in [0, 0.1) is 0 Å². The topological polar surface area (TPSA) is 101 Å². The number of amides is 1. The SMILES string of the molecule is CC(=O)NC(C)c1nnc(-c2ccco2)[nH]c1=O. The lowest BCUT2D eigenvalue weighted by molar-refractivity contribution is -0.119. The summed E-state index contributed by atoms with van der Waals surface area (Å²) < 4.78 is 5.10. The lowest BCUT2D eigenvalue weighted by Gasteiger charge is -2.09. The number of nitrogens with one attached hydrogen (secondary N) is 2. The van der Waals surface area contributed by atoms with Gasteiger partial charge in [-0.25, -0.2) is 0 Å². The Morgan fingerprint density at radius 3 is 2.83 bits per heavy atom. The van der Waals surface area contributed by atoms with E-state index in [9.17, 15) is 9.59 Å². The molecule has 2 aromatic rings. The molecule has 2 aromatic heterocycles. The molecule has 0 aliphatic carbocycles. The maximum absolute atomic E-state index is 11.8. The van der Waals surface area contributed by atoms with E-state index in [1.165, 1.54) is 13.2 Å². The highest BCUT2D eigenvalue weighted by atomic mass is 16.3. The molecule has 7 nitrogen and oxygen atoms in total. The van der Waals surface area contributed by atoms with E-state index in [4.69, 9.17) is 4.42 Å². The smallest absolute Gasteiger partial charge is 0.275 e. The number of hydrogen-bond donors (Lipinski definition) is 2. The Bertz CT molecular complexity index is 603. The molecule has 0 fully saturated rings. The van der Waals surface area contributed by atoms with Gasteiger partial charge in [0.1, 0.15) is 0 Å². The summed E-state index contributed by atoms with van der Waals surface area (Å²) in [5.74, 6) is 0.445. The van der Waals surface area contributed by atoms with E-state index in [1.54, 1.807) is 19.1 Å². The van der Waals surface area contributed by atoms with Crippen molar-refractivity contribution in [2.45, 2.75) is 19.9 Å². The number of aromatic amines is 1. The number of hydrogen-bond acceptors (Lipinski definition) is 5. The minimum atomic E-state index is -0.496. The van der Waals surface area contributed by atoms with Gasteiger partial charge in [-0.05, 0) is 19.1 Å². The summed E-state index contributed by atoms with van der Waals surface area (Å²) in [6, 6.07) is 2.85. The van der Waals surface area contributed by atoms with Gasteiger partial charge in [-0.15, -0.1) is 10.2 Å². The van der Waals surface area contributed by atoms with Crippen molar-refractivity contribution < 1.29 is 9.21 Å². The molecule has 18 heavy (non-hydrogen) atoms. The van der Waals surface area contributed by atoms with Crippen molar-refractivity contribution in [2.75, 3.05) is 0 Å². The summed E-state index contributed by atoms with van der Waals surface area (Å²) in [6.07, 6.45) is 1.48. The highest BCUT2D eigenvalue weighted by molar-refractivity contribution is 5.73. The highest BCUT2D eigenvalue weighted by Gasteiger charge is 2.15. The van der Waals surface area contributed by atoms with Crippen molar-refractivity contribution in [3.05, 3.63) is 34.4 Å². The van der Waals surface area contributed by atoms with Crippen LogP contribution in [0.5, 0.6) is 0 Å². The minimum Gasteiger partial charge on any atom is -0.461 e. The Hall–Kier alpha value is -2.44. The molecule has 0 saturated carbocycles. The lowest BCUT2D eigenvalue weighted by atomic mass is 10.2. The minimum absolute atomic E-state index is 0.153. The average molecular weight is 248 g/mol. The number of carbonyl (C=O) groups is 1. The van der Waals surface area contributed by atoms with Crippen LogP contribution in [0.2, 0.25) is 0 Å². The van der Waals surface area contributed by atoms with E-state index >= 15 is 0 Å². The Kier molecular flexibility index (Phi) is 3.22. The molecular weight excluding hydrogens is 236 g/mol. The molecule has 0 aliphatic rings. The molecule has 1 atom stereocenters. The first kappa shape index (κ1) is 12.0. The van der Waals surface area contributed by atoms with Crippen LogP contribution in [0.1, 0.15) is 25.6 Å². The molecule has 0 radical (unpaired) electrons. The molecule has 0 aliphatic heterocycles. The fraction of sp³-hybridized carbons (Fsp3) is 0.273. The van der Waals surface area contributed by atoms with E-state index in [2.05, 4.69) is 20.5 Å². The van der Waals surface area contributed by atoms with Gasteiger partial charge in [0.05, 0.1) is 12.3 Å². The molecule has 0 spiro atoms. The van der Waals surface area contributed by atoms with Crippen molar-refractivity contribution in [3.8, 4) is 11.6 Å². The monoisotopic (exact) mass is 248 g/mol. The molecule has 2 rings (SSSR count). The van der Waals surface area contributed by atoms with Gasteiger partial charge in [0.2, 0.25) is 5.91 Å². The number of H-pyrrole nitrogens is 1. The molecule has 0 aromatic carbocycles. The van der Waals surface area contributed by atoms with Crippen LogP contribution in [0.3, 0.4) is 0 Å². The predicted molar refractivity (Wildman–Crippen MR) is 62.6 cm³/mol. The van der Waals surface area contributed by atoms with Gasteiger partial charge in [-0.3, -0.25) is 9.59 Å². The Labute approximate surface area is 102 Å². The van der Waals surface area contributed by atoms with Crippen LogP contribution >= 0.6 is 0 Å². The third-order valence-corrected chi connectivity index (χ3v) is 2.31. The van der Waals surface area contributed by atoms with Crippen molar-refractivity contribution in [3.63, 3.8) is 0 Å². The summed E-state index contributed by atoms with van der Waals surface area (Å²) in [7, 11) is 0. The van der Waals surface area contributed by atoms with E-state index in [-0.39, 0.29) is 17.4 Å². The average Bonchev–Trinajstić information content (AvgIpc) is 2.80. The predicted octanol–water partition coefficient (Wildman–Crippen LogP) is 0.622. The van der Waals surface area contributed by atoms with Crippen LogP contribution in [0.15, 0.2) is 27.6 Å². The molecule has 94 valence electrons. The van der Waals surface area contributed by atoms with Gasteiger partial charge in [0.15, 0.2) is 17.3 Å². The zero-order chi connectivity index (χ0) is 13.1. The number of furan rings is 1. The molecule has 0 saturated heterocycles. The van der Waals surface area contributed by atoms with E-state index in [0.717, 1.165) is 0 Å². The van der Waals surface area contributed by atoms with Crippen molar-refractivity contribution in [1.82, 2.24) is 20.5 Å². The van der Waals surface area contributed by atoms with Crippen LogP contribution in [-0.2, 0) is 4.79 Å². The summed E-state index contributed by atoms with van der Waals surface area (Å²) in [5.41, 5.74) is -0.252. The summed E-state index contributed by atoms with van der Waals surface area (Å²) in [6.45, 7) is 3.03. The summed E-state index contributed by atoms with van der Waals surface area (Å²) in [5, 5.41) is 10.2. The number of aromatic nitrogens is 3. The van der Waals surface area contributed by atoms with Gasteiger partial charge < -0.3 is 14.7 Å². The second kappa shape index (κ2) is 4.82. The van der Waals surface area contributed by atoms with E-state index in [0.29, 0.717) is 5.76 Å². The largest absolute Gasteiger partial charge is 0.461 e. The summed E-state index contributed by atoms with van der Waals surface area (Å²) in [4.78, 5) is 25.3.